The van der Waals surface area contributed by atoms with Crippen molar-refractivity contribution in [3.63, 3.8) is 0 Å². The molecule has 0 spiro atoms. The number of benzene rings is 2. The SMILES string of the molecule is CC(NC(=O)c1ccccc1NC(=O)COC(=O)CN1C(=O)C2CCCCC2C1=O)c1ccccc1. The number of para-hydroxylation sites is 1. The van der Waals surface area contributed by atoms with Crippen LogP contribution >= 0.6 is 0 Å². The van der Waals surface area contributed by atoms with Crippen LogP contribution in [0.4, 0.5) is 5.69 Å². The molecule has 2 aromatic carbocycles. The number of likely N-dealkylation sites (tertiary alicyclic amines) is 1. The molecular formula is C27H29N3O6. The van der Waals surface area contributed by atoms with E-state index in [2.05, 4.69) is 10.6 Å². The highest BCUT2D eigenvalue weighted by Crippen LogP contribution is 2.37. The molecule has 3 atom stereocenters. The van der Waals surface area contributed by atoms with Crippen molar-refractivity contribution >= 4 is 35.3 Å². The van der Waals surface area contributed by atoms with Crippen LogP contribution in [0.3, 0.4) is 0 Å². The molecule has 2 aliphatic rings. The van der Waals surface area contributed by atoms with E-state index in [0.717, 1.165) is 23.3 Å². The molecule has 188 valence electrons. The number of rotatable bonds is 8. The van der Waals surface area contributed by atoms with E-state index in [0.29, 0.717) is 12.8 Å². The Morgan fingerprint density at radius 1 is 0.944 bits per heavy atom. The molecule has 2 N–H and O–H groups in total. The van der Waals surface area contributed by atoms with Crippen molar-refractivity contribution in [1.82, 2.24) is 10.2 Å². The Hall–Kier alpha value is -4.01. The summed E-state index contributed by atoms with van der Waals surface area (Å²) < 4.78 is 5.01. The van der Waals surface area contributed by atoms with E-state index in [1.807, 2.05) is 37.3 Å². The fourth-order valence-corrected chi connectivity index (χ4v) is 4.78. The number of carbonyl (C=O) groups is 5. The van der Waals surface area contributed by atoms with Gasteiger partial charge < -0.3 is 15.4 Å². The maximum Gasteiger partial charge on any atom is 0.326 e. The molecule has 3 unspecified atom stereocenters. The molecule has 1 aliphatic heterocycles. The second-order valence-corrected chi connectivity index (χ2v) is 9.12. The van der Waals surface area contributed by atoms with Gasteiger partial charge in [0.25, 0.3) is 11.8 Å². The Balaban J connectivity index is 1.30. The van der Waals surface area contributed by atoms with Gasteiger partial charge in [0, 0.05) is 0 Å². The minimum absolute atomic E-state index is 0.247. The third-order valence-electron chi connectivity index (χ3n) is 6.68. The van der Waals surface area contributed by atoms with Crippen LogP contribution in [-0.4, -0.2) is 47.6 Å². The maximum absolute atomic E-state index is 12.8. The molecule has 1 saturated carbocycles. The molecule has 9 heteroatoms. The van der Waals surface area contributed by atoms with Gasteiger partial charge in [-0.2, -0.15) is 0 Å². The van der Waals surface area contributed by atoms with Gasteiger partial charge in [0.15, 0.2) is 6.61 Å². The first kappa shape index (κ1) is 25.1. The minimum Gasteiger partial charge on any atom is -0.454 e. The molecule has 9 nitrogen and oxygen atoms in total. The first-order chi connectivity index (χ1) is 17.3. The molecule has 0 aromatic heterocycles. The van der Waals surface area contributed by atoms with Crippen molar-refractivity contribution in [2.75, 3.05) is 18.5 Å². The first-order valence-corrected chi connectivity index (χ1v) is 12.1. The number of nitrogens with zero attached hydrogens (tertiary/aromatic N) is 1. The number of esters is 1. The lowest BCUT2D eigenvalue weighted by Gasteiger charge is -2.19. The molecule has 1 heterocycles. The predicted octanol–water partition coefficient (Wildman–Crippen LogP) is 2.83. The van der Waals surface area contributed by atoms with E-state index < -0.39 is 25.0 Å². The van der Waals surface area contributed by atoms with Crippen LogP contribution in [0.5, 0.6) is 0 Å². The topological polar surface area (TPSA) is 122 Å². The summed E-state index contributed by atoms with van der Waals surface area (Å²) in [5.74, 6) is -3.23. The lowest BCUT2D eigenvalue weighted by molar-refractivity contribution is -0.154. The van der Waals surface area contributed by atoms with Crippen LogP contribution in [0, 0.1) is 11.8 Å². The van der Waals surface area contributed by atoms with E-state index in [-0.39, 0.29) is 46.9 Å². The predicted molar refractivity (Wildman–Crippen MR) is 131 cm³/mol. The van der Waals surface area contributed by atoms with Gasteiger partial charge in [-0.15, -0.1) is 0 Å². The van der Waals surface area contributed by atoms with Crippen molar-refractivity contribution in [2.24, 2.45) is 11.8 Å². The standard InChI is InChI=1S/C27H29N3O6/c1-17(18-9-3-2-4-10-18)28-25(33)21-13-7-8-14-22(21)29-23(31)16-36-24(32)15-30-26(34)19-11-5-6-12-20(19)27(30)35/h2-4,7-10,13-14,17,19-20H,5-6,11-12,15-16H2,1H3,(H,28,33)(H,29,31). The average Bonchev–Trinajstić information content (AvgIpc) is 3.13. The average molecular weight is 492 g/mol. The van der Waals surface area contributed by atoms with Crippen LogP contribution in [0.15, 0.2) is 54.6 Å². The molecule has 0 bridgehead atoms. The summed E-state index contributed by atoms with van der Waals surface area (Å²) in [6.07, 6.45) is 3.09. The number of fused-ring (bicyclic) bond motifs is 1. The maximum atomic E-state index is 12.8. The monoisotopic (exact) mass is 491 g/mol. The minimum atomic E-state index is -0.840. The summed E-state index contributed by atoms with van der Waals surface area (Å²) in [4.78, 5) is 63.5. The van der Waals surface area contributed by atoms with Crippen molar-refractivity contribution in [1.29, 1.82) is 0 Å². The van der Waals surface area contributed by atoms with Gasteiger partial charge in [-0.25, -0.2) is 0 Å². The lowest BCUT2D eigenvalue weighted by atomic mass is 9.81. The summed E-state index contributed by atoms with van der Waals surface area (Å²) in [6, 6.07) is 15.7. The Bertz CT molecular complexity index is 1140. The van der Waals surface area contributed by atoms with Gasteiger partial charge in [-0.05, 0) is 37.5 Å². The Morgan fingerprint density at radius 2 is 1.56 bits per heavy atom. The van der Waals surface area contributed by atoms with Gasteiger partial charge >= 0.3 is 5.97 Å². The molecule has 0 radical (unpaired) electrons. The molecule has 2 aromatic rings. The number of amides is 4. The number of nitrogens with one attached hydrogen (secondary N) is 2. The van der Waals surface area contributed by atoms with Gasteiger partial charge in [-0.1, -0.05) is 55.3 Å². The third-order valence-corrected chi connectivity index (χ3v) is 6.68. The Labute approximate surface area is 209 Å². The van der Waals surface area contributed by atoms with Crippen LogP contribution in [0.2, 0.25) is 0 Å². The van der Waals surface area contributed by atoms with Crippen LogP contribution in [0.25, 0.3) is 0 Å². The zero-order valence-electron chi connectivity index (χ0n) is 20.1. The first-order valence-electron chi connectivity index (χ1n) is 12.1. The zero-order valence-corrected chi connectivity index (χ0v) is 20.1. The van der Waals surface area contributed by atoms with E-state index in [1.54, 1.807) is 24.3 Å². The van der Waals surface area contributed by atoms with Crippen molar-refractivity contribution in [3.8, 4) is 0 Å². The summed E-state index contributed by atoms with van der Waals surface area (Å²) in [7, 11) is 0. The van der Waals surface area contributed by atoms with Crippen molar-refractivity contribution in [3.05, 3.63) is 65.7 Å². The second-order valence-electron chi connectivity index (χ2n) is 9.12. The number of anilines is 1. The summed E-state index contributed by atoms with van der Waals surface area (Å²) in [5.41, 5.74) is 1.47. The molecular weight excluding hydrogens is 462 g/mol. The number of carbonyl (C=O) groups excluding carboxylic acids is 5. The highest BCUT2D eigenvalue weighted by molar-refractivity contribution is 6.07. The number of hydrogen-bond donors (Lipinski definition) is 2. The normalized spacial score (nSPS) is 19.9. The van der Waals surface area contributed by atoms with E-state index in [1.165, 1.54) is 0 Å². The van der Waals surface area contributed by atoms with Crippen LogP contribution in [0.1, 0.15) is 54.6 Å². The van der Waals surface area contributed by atoms with E-state index in [4.69, 9.17) is 4.74 Å². The van der Waals surface area contributed by atoms with Gasteiger partial charge in [0.1, 0.15) is 6.54 Å². The highest BCUT2D eigenvalue weighted by atomic mass is 16.5. The summed E-state index contributed by atoms with van der Waals surface area (Å²) in [5, 5.41) is 5.49. The Morgan fingerprint density at radius 3 is 2.22 bits per heavy atom. The number of hydrogen-bond acceptors (Lipinski definition) is 6. The fraction of sp³-hybridized carbons (Fsp3) is 0.370. The Kier molecular flexibility index (Phi) is 7.77. The molecule has 1 aliphatic carbocycles. The molecule has 4 amide bonds. The van der Waals surface area contributed by atoms with Gasteiger partial charge in [-0.3, -0.25) is 28.9 Å². The van der Waals surface area contributed by atoms with Gasteiger partial charge in [0.05, 0.1) is 29.1 Å². The van der Waals surface area contributed by atoms with Crippen molar-refractivity contribution in [2.45, 2.75) is 38.6 Å². The zero-order chi connectivity index (χ0) is 25.7. The fourth-order valence-electron chi connectivity index (χ4n) is 4.78. The van der Waals surface area contributed by atoms with E-state index in [9.17, 15) is 24.0 Å². The molecule has 1 saturated heterocycles. The van der Waals surface area contributed by atoms with E-state index >= 15 is 0 Å². The number of ether oxygens (including phenoxy) is 1. The van der Waals surface area contributed by atoms with Gasteiger partial charge in [0.2, 0.25) is 11.8 Å². The molecule has 36 heavy (non-hydrogen) atoms. The highest BCUT2D eigenvalue weighted by Gasteiger charge is 2.48. The third kappa shape index (κ3) is 5.62. The van der Waals surface area contributed by atoms with Crippen LogP contribution in [-0.2, 0) is 23.9 Å². The van der Waals surface area contributed by atoms with Crippen LogP contribution < -0.4 is 10.6 Å². The smallest absolute Gasteiger partial charge is 0.326 e. The largest absolute Gasteiger partial charge is 0.454 e. The quantitative estimate of drug-likeness (QED) is 0.433. The lowest BCUT2D eigenvalue weighted by Crippen LogP contribution is -2.37. The summed E-state index contributed by atoms with van der Waals surface area (Å²) >= 11 is 0. The molecule has 4 rings (SSSR count). The van der Waals surface area contributed by atoms with Crippen molar-refractivity contribution < 1.29 is 28.7 Å². The number of imide groups is 1. The summed E-state index contributed by atoms with van der Waals surface area (Å²) in [6.45, 7) is 0.741. The second kappa shape index (κ2) is 11.2. The molecule has 2 fully saturated rings.